The van der Waals surface area contributed by atoms with E-state index in [1.165, 1.54) is 0 Å². The van der Waals surface area contributed by atoms with E-state index in [0.717, 1.165) is 0 Å². The second-order valence-electron chi connectivity index (χ2n) is 0. The fourth-order valence-electron chi connectivity index (χ4n) is 0. The smallest absolute Gasteiger partial charge is 1.00 e. The van der Waals surface area contributed by atoms with Crippen LogP contribution < -0.4 is 29.6 Å². The summed E-state index contributed by atoms with van der Waals surface area (Å²) in [5.41, 5.74) is 0. The molecule has 0 aromatic heterocycles. The zero-order chi connectivity index (χ0) is 2.00. The Morgan fingerprint density at radius 3 is 1.50 bits per heavy atom. The minimum absolute atomic E-state index is 0. The van der Waals surface area contributed by atoms with E-state index in [2.05, 4.69) is 0 Å². The molecule has 0 fully saturated rings. The van der Waals surface area contributed by atoms with Gasteiger partial charge in [0.1, 0.15) is 0 Å². The van der Waals surface area contributed by atoms with Gasteiger partial charge in [-0.25, -0.2) is 0 Å². The van der Waals surface area contributed by atoms with E-state index in [1.807, 2.05) is 0 Å². The molecule has 0 aliphatic rings. The van der Waals surface area contributed by atoms with Crippen molar-refractivity contribution < 1.29 is 35.4 Å². The van der Waals surface area contributed by atoms with Crippen molar-refractivity contribution in [2.24, 2.45) is 0 Å². The van der Waals surface area contributed by atoms with Gasteiger partial charge in [-0.05, 0) is 0 Å². The molecule has 0 bridgehead atoms. The van der Waals surface area contributed by atoms with Crippen LogP contribution in [0.2, 0.25) is 0 Å². The molecule has 0 N–H and O–H groups in total. The Hall–Kier alpha value is 1.55. The number of hydrogen-bond acceptors (Lipinski definition) is 1. The fraction of sp³-hybridized carbons (Fsp3) is 0. The predicted molar refractivity (Wildman–Crippen MR) is 20.3 cm³/mol. The minimum Gasteiger partial charge on any atom is -1.00 e. The van der Waals surface area contributed by atoms with Gasteiger partial charge in [-0.3, -0.25) is 0 Å². The molecule has 0 aromatic rings. The van der Waals surface area contributed by atoms with Gasteiger partial charge in [0.05, 0.1) is 0 Å². The van der Waals surface area contributed by atoms with Gasteiger partial charge in [0, 0.05) is 0 Å². The van der Waals surface area contributed by atoms with Crippen LogP contribution in [0.3, 0.4) is 0 Å². The van der Waals surface area contributed by atoms with Gasteiger partial charge in [-0.1, -0.05) is 0 Å². The van der Waals surface area contributed by atoms with Crippen LogP contribution in [0.5, 0.6) is 0 Å². The predicted octanol–water partition coefficient (Wildman–Crippen LogP) is -5.10. The van der Waals surface area contributed by atoms with E-state index in [0.29, 0.717) is 10.1 Å². The van der Waals surface area contributed by atoms with Crippen molar-refractivity contribution >= 4 is 27.5 Å². The van der Waals surface area contributed by atoms with Gasteiger partial charge in [-0.2, -0.15) is 0 Å². The first-order chi connectivity index (χ1) is 1.00. The summed E-state index contributed by atoms with van der Waals surface area (Å²) in [6.45, 7) is 0. The monoisotopic (exact) mass is 100.0 g/mol. The molecular weight excluding hydrogens is 94.1 g/mol. The molecule has 0 saturated carbocycles. The third-order valence-corrected chi connectivity index (χ3v) is 0. The molecule has 20 valence electrons. The molecule has 0 aliphatic heterocycles. The Morgan fingerprint density at radius 1 is 1.50 bits per heavy atom. The van der Waals surface area contributed by atoms with Gasteiger partial charge >= 0.3 is 29.6 Å². The summed E-state index contributed by atoms with van der Waals surface area (Å²) < 4.78 is 8.28. The van der Waals surface area contributed by atoms with E-state index in [1.54, 1.807) is 0 Å². The van der Waals surface area contributed by atoms with Crippen molar-refractivity contribution in [3.63, 3.8) is 0 Å². The molecule has 1 nitrogen and oxygen atoms in total. The Labute approximate surface area is 62.5 Å². The van der Waals surface area contributed by atoms with Crippen molar-refractivity contribution in [2.45, 2.75) is 0 Å². The summed E-state index contributed by atoms with van der Waals surface area (Å²) in [7, 11) is 0.611. The van der Waals surface area contributed by atoms with Gasteiger partial charge in [0.25, 0.3) is 0 Å². The van der Waals surface area contributed by atoms with E-state index in [-0.39, 0.29) is 48.3 Å². The first-order valence-corrected chi connectivity index (χ1v) is 0.866. The second kappa shape index (κ2) is 23.9. The average Bonchev–Trinajstić information content (AvgIpc) is 1.00. The van der Waals surface area contributed by atoms with Gasteiger partial charge in [0.2, 0.25) is 10.1 Å². The molecule has 4 heavy (non-hydrogen) atoms. The van der Waals surface area contributed by atoms with Crippen molar-refractivity contribution in [2.75, 3.05) is 0 Å². The largest absolute Gasteiger partial charge is 1.00 e. The third kappa shape index (κ3) is 9.61. The van der Waals surface area contributed by atoms with Crippen molar-refractivity contribution in [1.29, 1.82) is 0 Å². The van der Waals surface area contributed by atoms with Crippen LogP contribution in [-0.4, -0.2) is 27.5 Å². The van der Waals surface area contributed by atoms with Gasteiger partial charge < -0.3 is 5.89 Å². The number of hydrogen-bond donors (Lipinski definition) is 0. The maximum atomic E-state index is 8.28. The van der Waals surface area contributed by atoms with Gasteiger partial charge in [-0.15, -0.1) is 0 Å². The zero-order valence-corrected chi connectivity index (χ0v) is 5.53. The normalized spacial score (nSPS) is 1.00. The van der Waals surface area contributed by atoms with Crippen LogP contribution in [0.4, 0.5) is 0 Å². The minimum atomic E-state index is 0. The first kappa shape index (κ1) is 17.7. The maximum Gasteiger partial charge on any atom is 1.00 e. The summed E-state index contributed by atoms with van der Waals surface area (Å²) in [6.07, 6.45) is 0. The Kier molecular flexibility index (Phi) is 105. The quantitative estimate of drug-likeness (QED) is 0.278. The molecule has 0 rings (SSSR count). The number of rotatable bonds is 0. The van der Waals surface area contributed by atoms with Crippen molar-refractivity contribution in [3.05, 3.63) is 0 Å². The second-order valence-corrected chi connectivity index (χ2v) is 0. The summed E-state index contributed by atoms with van der Waals surface area (Å²) in [6, 6.07) is 0. The molecule has 0 heterocycles. The molecule has 0 saturated heterocycles. The molecule has 0 aliphatic carbocycles. The summed E-state index contributed by atoms with van der Waals surface area (Å²) in [4.78, 5) is 0. The van der Waals surface area contributed by atoms with E-state index < -0.39 is 0 Å². The summed E-state index contributed by atoms with van der Waals surface area (Å²) in [5.74, 6) is 0. The SMILES string of the molecule is O=[SiH2].[AlH3].[H-].[Na+]. The topological polar surface area (TPSA) is 17.1 Å². The van der Waals surface area contributed by atoms with Crippen LogP contribution in [0, 0.1) is 0 Å². The molecular formula is H6AlNaOSi. The molecule has 4 heteroatoms. The Morgan fingerprint density at radius 2 is 1.50 bits per heavy atom. The third-order valence-electron chi connectivity index (χ3n) is 0. The molecule has 0 aromatic carbocycles. The molecule has 0 atom stereocenters. The van der Waals surface area contributed by atoms with Crippen LogP contribution in [-0.2, 0) is 4.46 Å². The van der Waals surface area contributed by atoms with E-state index >= 15 is 0 Å². The maximum absolute atomic E-state index is 8.28. The van der Waals surface area contributed by atoms with Gasteiger partial charge in [0.15, 0.2) is 17.4 Å². The Balaban J connectivity index is -0.00000000167. The first-order valence-electron chi connectivity index (χ1n) is 0.289. The summed E-state index contributed by atoms with van der Waals surface area (Å²) >= 11 is 0. The molecule has 0 spiro atoms. The zero-order valence-electron chi connectivity index (χ0n) is 3.12. The summed E-state index contributed by atoms with van der Waals surface area (Å²) in [5, 5.41) is 0. The average molecular weight is 100 g/mol. The fourth-order valence-corrected chi connectivity index (χ4v) is 0. The van der Waals surface area contributed by atoms with Crippen LogP contribution in [0.1, 0.15) is 1.43 Å². The van der Waals surface area contributed by atoms with Crippen LogP contribution in [0.25, 0.3) is 0 Å². The molecule has 0 radical (unpaired) electrons. The van der Waals surface area contributed by atoms with E-state index in [4.69, 9.17) is 4.46 Å². The Bertz CT molecular complexity index is 11.6. The molecule has 0 unspecified atom stereocenters. The van der Waals surface area contributed by atoms with Crippen molar-refractivity contribution in [1.82, 2.24) is 0 Å². The molecule has 0 amide bonds. The van der Waals surface area contributed by atoms with E-state index in [9.17, 15) is 0 Å². The standard InChI is InChI=1S/Al.Na.H2OSi.4H/c;;1-2;;;;/h;;2H2;;;;/q;+1;;;;;-1. The van der Waals surface area contributed by atoms with Crippen LogP contribution in [0.15, 0.2) is 0 Å². The van der Waals surface area contributed by atoms with Crippen molar-refractivity contribution in [3.8, 4) is 0 Å². The van der Waals surface area contributed by atoms with Crippen LogP contribution >= 0.6 is 0 Å².